The molecule has 0 aliphatic carbocycles. The van der Waals surface area contributed by atoms with Gasteiger partial charge in [0.2, 0.25) is 0 Å². The molecule has 0 spiro atoms. The van der Waals surface area contributed by atoms with Crippen LogP contribution in [0.25, 0.3) is 10.8 Å². The number of hydrogen-bond donors (Lipinski definition) is 1. The lowest BCUT2D eigenvalue weighted by Gasteiger charge is -2.21. The summed E-state index contributed by atoms with van der Waals surface area (Å²) in [5.74, 6) is 1.38. The number of hydrogen-bond acceptors (Lipinski definition) is 2. The fourth-order valence-electron chi connectivity index (χ4n) is 2.32. The largest absolute Gasteiger partial charge is 0.496 e. The number of ether oxygens (including phenoxy) is 1. The molecule has 2 N–H and O–H groups in total. The van der Waals surface area contributed by atoms with Crippen LogP contribution in [0.3, 0.4) is 0 Å². The van der Waals surface area contributed by atoms with E-state index in [1.54, 1.807) is 7.11 Å². The number of halogens is 1. The van der Waals surface area contributed by atoms with Gasteiger partial charge in [-0.15, -0.1) is 12.4 Å². The zero-order valence-corrected chi connectivity index (χ0v) is 12.5. The number of rotatable bonds is 4. The molecule has 2 nitrogen and oxygen atoms in total. The molecule has 2 aromatic carbocycles. The Bertz CT molecular complexity index is 541. The highest BCUT2D eigenvalue weighted by atomic mass is 35.5. The summed E-state index contributed by atoms with van der Waals surface area (Å²) in [5.41, 5.74) is 7.57. The lowest BCUT2D eigenvalue weighted by atomic mass is 9.90. The van der Waals surface area contributed by atoms with Crippen LogP contribution in [0, 0.1) is 5.92 Å². The number of fused-ring (bicyclic) bond motifs is 1. The molecule has 1 unspecified atom stereocenters. The van der Waals surface area contributed by atoms with Crippen molar-refractivity contribution in [2.75, 3.05) is 7.11 Å². The standard InChI is InChI=1S/C16H21NO.ClH/c1-4-11(2)16(17)14-9-10-15(18-3)13-8-6-5-7-12(13)14;/h5-11,16H,4,17H2,1-3H3;1H/t11?,16-;/m1./s1. The summed E-state index contributed by atoms with van der Waals surface area (Å²) in [4.78, 5) is 0. The molecule has 0 bridgehead atoms. The number of methoxy groups -OCH3 is 1. The summed E-state index contributed by atoms with van der Waals surface area (Å²) < 4.78 is 5.41. The van der Waals surface area contributed by atoms with Crippen molar-refractivity contribution in [3.05, 3.63) is 42.0 Å². The Labute approximate surface area is 121 Å². The molecule has 2 aromatic rings. The third kappa shape index (κ3) is 3.02. The fourth-order valence-corrected chi connectivity index (χ4v) is 2.32. The molecule has 0 amide bonds. The van der Waals surface area contributed by atoms with Gasteiger partial charge in [-0.1, -0.05) is 50.6 Å². The lowest BCUT2D eigenvalue weighted by molar-refractivity contribution is 0.419. The van der Waals surface area contributed by atoms with E-state index in [1.807, 2.05) is 12.1 Å². The van der Waals surface area contributed by atoms with Crippen LogP contribution in [0.1, 0.15) is 31.9 Å². The van der Waals surface area contributed by atoms with Crippen LogP contribution in [0.2, 0.25) is 0 Å². The highest BCUT2D eigenvalue weighted by Crippen LogP contribution is 2.33. The second-order valence-corrected chi connectivity index (χ2v) is 4.81. The van der Waals surface area contributed by atoms with E-state index in [4.69, 9.17) is 10.5 Å². The molecule has 0 radical (unpaired) electrons. The SMILES string of the molecule is CCC(C)[C@@H](N)c1ccc(OC)c2ccccc12.Cl. The van der Waals surface area contributed by atoms with E-state index in [1.165, 1.54) is 10.9 Å². The molecule has 19 heavy (non-hydrogen) atoms. The normalized spacial score (nSPS) is 13.7. The van der Waals surface area contributed by atoms with Crippen molar-refractivity contribution in [2.24, 2.45) is 11.7 Å². The lowest BCUT2D eigenvalue weighted by Crippen LogP contribution is -2.18. The molecule has 3 heteroatoms. The van der Waals surface area contributed by atoms with Crippen LogP contribution >= 0.6 is 12.4 Å². The van der Waals surface area contributed by atoms with Crippen molar-refractivity contribution in [3.8, 4) is 5.75 Å². The monoisotopic (exact) mass is 279 g/mol. The fraction of sp³-hybridized carbons (Fsp3) is 0.375. The maximum absolute atomic E-state index is 6.37. The summed E-state index contributed by atoms with van der Waals surface area (Å²) in [6.45, 7) is 4.37. The average molecular weight is 280 g/mol. The van der Waals surface area contributed by atoms with Gasteiger partial charge in [-0.2, -0.15) is 0 Å². The topological polar surface area (TPSA) is 35.2 Å². The van der Waals surface area contributed by atoms with Crippen LogP contribution in [-0.4, -0.2) is 7.11 Å². The van der Waals surface area contributed by atoms with Crippen LogP contribution in [0.5, 0.6) is 5.75 Å². The smallest absolute Gasteiger partial charge is 0.126 e. The molecule has 2 atom stereocenters. The molecular formula is C16H22ClNO. The minimum Gasteiger partial charge on any atom is -0.496 e. The van der Waals surface area contributed by atoms with Crippen LogP contribution in [-0.2, 0) is 0 Å². The Balaban J connectivity index is 0.00000180. The third-order valence-electron chi connectivity index (χ3n) is 3.75. The maximum atomic E-state index is 6.37. The molecular weight excluding hydrogens is 258 g/mol. The Morgan fingerprint density at radius 1 is 1.11 bits per heavy atom. The zero-order chi connectivity index (χ0) is 13.1. The second-order valence-electron chi connectivity index (χ2n) is 4.81. The first-order valence-electron chi connectivity index (χ1n) is 6.50. The summed E-state index contributed by atoms with van der Waals surface area (Å²) in [5, 5.41) is 2.33. The third-order valence-corrected chi connectivity index (χ3v) is 3.75. The molecule has 0 heterocycles. The predicted octanol–water partition coefficient (Wildman–Crippen LogP) is 4.32. The van der Waals surface area contributed by atoms with E-state index < -0.39 is 0 Å². The first-order valence-corrected chi connectivity index (χ1v) is 6.50. The summed E-state index contributed by atoms with van der Waals surface area (Å²) in [6.07, 6.45) is 1.08. The second kappa shape index (κ2) is 6.78. The van der Waals surface area contributed by atoms with E-state index in [0.29, 0.717) is 5.92 Å². The van der Waals surface area contributed by atoms with Gasteiger partial charge in [-0.05, 0) is 22.9 Å². The first-order chi connectivity index (χ1) is 8.69. The van der Waals surface area contributed by atoms with Crippen molar-refractivity contribution in [2.45, 2.75) is 26.3 Å². The molecule has 0 aliphatic rings. The van der Waals surface area contributed by atoms with E-state index in [9.17, 15) is 0 Å². The molecule has 0 aromatic heterocycles. The summed E-state index contributed by atoms with van der Waals surface area (Å²) >= 11 is 0. The Kier molecular flexibility index (Phi) is 5.64. The van der Waals surface area contributed by atoms with Gasteiger partial charge in [0, 0.05) is 11.4 Å². The minimum atomic E-state index is 0. The molecule has 0 aliphatic heterocycles. The average Bonchev–Trinajstić information content (AvgIpc) is 2.44. The molecule has 0 fully saturated rings. The van der Waals surface area contributed by atoms with Gasteiger partial charge < -0.3 is 10.5 Å². The van der Waals surface area contributed by atoms with Crippen molar-refractivity contribution in [3.63, 3.8) is 0 Å². The van der Waals surface area contributed by atoms with Crippen molar-refractivity contribution in [1.29, 1.82) is 0 Å². The van der Waals surface area contributed by atoms with Gasteiger partial charge in [0.1, 0.15) is 5.75 Å². The van der Waals surface area contributed by atoms with Crippen molar-refractivity contribution < 1.29 is 4.74 Å². The van der Waals surface area contributed by atoms with Gasteiger partial charge in [0.05, 0.1) is 7.11 Å². The highest BCUT2D eigenvalue weighted by Gasteiger charge is 2.16. The van der Waals surface area contributed by atoms with Gasteiger partial charge >= 0.3 is 0 Å². The van der Waals surface area contributed by atoms with Crippen LogP contribution in [0.4, 0.5) is 0 Å². The minimum absolute atomic E-state index is 0. The molecule has 0 saturated heterocycles. The van der Waals surface area contributed by atoms with E-state index in [2.05, 4.69) is 38.1 Å². The highest BCUT2D eigenvalue weighted by molar-refractivity contribution is 5.91. The van der Waals surface area contributed by atoms with Crippen LogP contribution in [0.15, 0.2) is 36.4 Å². The molecule has 0 saturated carbocycles. The van der Waals surface area contributed by atoms with E-state index in [0.717, 1.165) is 17.6 Å². The number of benzene rings is 2. The summed E-state index contributed by atoms with van der Waals surface area (Å²) in [7, 11) is 1.70. The van der Waals surface area contributed by atoms with Crippen molar-refractivity contribution in [1.82, 2.24) is 0 Å². The van der Waals surface area contributed by atoms with E-state index in [-0.39, 0.29) is 18.4 Å². The molecule has 104 valence electrons. The Morgan fingerprint density at radius 3 is 2.32 bits per heavy atom. The number of nitrogens with two attached hydrogens (primary N) is 1. The van der Waals surface area contributed by atoms with E-state index >= 15 is 0 Å². The zero-order valence-electron chi connectivity index (χ0n) is 11.7. The first kappa shape index (κ1) is 15.8. The van der Waals surface area contributed by atoms with Crippen molar-refractivity contribution >= 4 is 23.2 Å². The van der Waals surface area contributed by atoms with Crippen LogP contribution < -0.4 is 10.5 Å². The van der Waals surface area contributed by atoms with Gasteiger partial charge in [0.25, 0.3) is 0 Å². The van der Waals surface area contributed by atoms with Gasteiger partial charge in [-0.25, -0.2) is 0 Å². The molecule has 2 rings (SSSR count). The van der Waals surface area contributed by atoms with Gasteiger partial charge in [0.15, 0.2) is 0 Å². The summed E-state index contributed by atoms with van der Waals surface area (Å²) in [6, 6.07) is 12.5. The predicted molar refractivity (Wildman–Crippen MR) is 84.1 cm³/mol. The quantitative estimate of drug-likeness (QED) is 0.905. The Hall–Kier alpha value is -1.25. The Morgan fingerprint density at radius 2 is 1.74 bits per heavy atom. The maximum Gasteiger partial charge on any atom is 0.126 e. The van der Waals surface area contributed by atoms with Gasteiger partial charge in [-0.3, -0.25) is 0 Å².